The summed E-state index contributed by atoms with van der Waals surface area (Å²) in [5.41, 5.74) is 0.800. The predicted octanol–water partition coefficient (Wildman–Crippen LogP) is 2.35. The third-order valence-electron chi connectivity index (χ3n) is 3.65. The van der Waals surface area contributed by atoms with E-state index in [1.54, 1.807) is 0 Å². The van der Waals surface area contributed by atoms with Crippen LogP contribution >= 0.6 is 0 Å². The molecule has 5 heteroatoms. The van der Waals surface area contributed by atoms with Crippen molar-refractivity contribution in [1.29, 1.82) is 5.26 Å². The molecule has 0 aliphatic heterocycles. The van der Waals surface area contributed by atoms with Crippen molar-refractivity contribution >= 4 is 15.6 Å². The van der Waals surface area contributed by atoms with E-state index in [1.165, 1.54) is 24.3 Å². The van der Waals surface area contributed by atoms with Crippen molar-refractivity contribution in [3.8, 4) is 6.07 Å². The van der Waals surface area contributed by atoms with E-state index in [0.717, 1.165) is 25.7 Å². The molecule has 0 atom stereocenters. The molecule has 1 saturated carbocycles. The first-order chi connectivity index (χ1) is 9.50. The highest BCUT2D eigenvalue weighted by Crippen LogP contribution is 2.26. The van der Waals surface area contributed by atoms with E-state index in [1.807, 2.05) is 6.07 Å². The Hall–Kier alpha value is -1.67. The van der Waals surface area contributed by atoms with E-state index in [2.05, 4.69) is 0 Å². The van der Waals surface area contributed by atoms with Gasteiger partial charge < -0.3 is 0 Å². The quantitative estimate of drug-likeness (QED) is 0.780. The smallest absolute Gasteiger partial charge is 0.177 e. The van der Waals surface area contributed by atoms with E-state index in [0.29, 0.717) is 11.1 Å². The van der Waals surface area contributed by atoms with Gasteiger partial charge in [-0.15, -0.1) is 0 Å². The molecule has 1 aromatic rings. The van der Waals surface area contributed by atoms with Crippen molar-refractivity contribution in [2.24, 2.45) is 5.92 Å². The lowest BCUT2D eigenvalue weighted by Crippen LogP contribution is -2.22. The minimum atomic E-state index is -3.34. The van der Waals surface area contributed by atoms with E-state index >= 15 is 0 Å². The van der Waals surface area contributed by atoms with E-state index in [9.17, 15) is 13.2 Å². The van der Waals surface area contributed by atoms with Gasteiger partial charge in [0.15, 0.2) is 15.6 Å². The molecule has 1 aliphatic carbocycles. The summed E-state index contributed by atoms with van der Waals surface area (Å²) in [5.74, 6) is -0.494. The zero-order valence-electron chi connectivity index (χ0n) is 11.2. The Morgan fingerprint density at radius 2 is 1.80 bits per heavy atom. The Labute approximate surface area is 119 Å². The van der Waals surface area contributed by atoms with Gasteiger partial charge in [-0.1, -0.05) is 25.0 Å². The van der Waals surface area contributed by atoms with Gasteiger partial charge in [-0.3, -0.25) is 4.79 Å². The van der Waals surface area contributed by atoms with Crippen LogP contribution in [0.1, 0.15) is 41.6 Å². The van der Waals surface area contributed by atoms with Crippen LogP contribution < -0.4 is 0 Å². The largest absolute Gasteiger partial charge is 0.293 e. The zero-order chi connectivity index (χ0) is 14.6. The SMILES string of the molecule is N#Cc1ccc(C(=O)CS(=O)(=O)CC2CCCC2)cc1. The molecule has 0 bridgehead atoms. The van der Waals surface area contributed by atoms with Gasteiger partial charge in [0, 0.05) is 5.56 Å². The molecular formula is C15H17NO3S. The number of carbonyl (C=O) groups excluding carboxylic acids is 1. The van der Waals surface area contributed by atoms with Gasteiger partial charge >= 0.3 is 0 Å². The summed E-state index contributed by atoms with van der Waals surface area (Å²) in [6.45, 7) is 0. The molecule has 0 aromatic heterocycles. The number of Topliss-reactive ketones (excluding diaryl/α,β-unsaturated/α-hetero) is 1. The number of ketones is 1. The van der Waals surface area contributed by atoms with Crippen LogP contribution in [0.25, 0.3) is 0 Å². The molecule has 0 spiro atoms. The molecule has 20 heavy (non-hydrogen) atoms. The fourth-order valence-electron chi connectivity index (χ4n) is 2.61. The van der Waals surface area contributed by atoms with Crippen LogP contribution in [0.2, 0.25) is 0 Å². The molecule has 1 fully saturated rings. The molecule has 0 N–H and O–H groups in total. The van der Waals surface area contributed by atoms with Gasteiger partial charge in [0.05, 0.1) is 17.4 Å². The Morgan fingerprint density at radius 3 is 2.35 bits per heavy atom. The fourth-order valence-corrected chi connectivity index (χ4v) is 4.34. The first-order valence-corrected chi connectivity index (χ1v) is 8.56. The highest BCUT2D eigenvalue weighted by Gasteiger charge is 2.25. The average Bonchev–Trinajstić information content (AvgIpc) is 2.90. The second-order valence-electron chi connectivity index (χ2n) is 5.32. The number of hydrogen-bond donors (Lipinski definition) is 0. The summed E-state index contributed by atoms with van der Waals surface area (Å²) in [7, 11) is -3.34. The van der Waals surface area contributed by atoms with E-state index in [4.69, 9.17) is 5.26 Å². The van der Waals surface area contributed by atoms with Crippen molar-refractivity contribution in [3.63, 3.8) is 0 Å². The second-order valence-corrected chi connectivity index (χ2v) is 7.43. The third kappa shape index (κ3) is 3.91. The van der Waals surface area contributed by atoms with Crippen LogP contribution in [0.15, 0.2) is 24.3 Å². The van der Waals surface area contributed by atoms with Gasteiger partial charge in [0.1, 0.15) is 5.75 Å². The van der Waals surface area contributed by atoms with Crippen LogP contribution in [0.3, 0.4) is 0 Å². The second kappa shape index (κ2) is 6.19. The topological polar surface area (TPSA) is 75.0 Å². The lowest BCUT2D eigenvalue weighted by molar-refractivity contribution is 0.102. The Bertz CT molecular complexity index is 620. The van der Waals surface area contributed by atoms with Crippen molar-refractivity contribution in [2.75, 3.05) is 11.5 Å². The minimum absolute atomic E-state index is 0.120. The number of sulfone groups is 1. The molecular weight excluding hydrogens is 274 g/mol. The summed E-state index contributed by atoms with van der Waals surface area (Å²) in [5, 5.41) is 8.68. The van der Waals surface area contributed by atoms with Gasteiger partial charge in [-0.25, -0.2) is 8.42 Å². The first-order valence-electron chi connectivity index (χ1n) is 6.74. The van der Waals surface area contributed by atoms with Crippen molar-refractivity contribution in [3.05, 3.63) is 35.4 Å². The summed E-state index contributed by atoms with van der Waals surface area (Å²) in [6, 6.07) is 8.02. The molecule has 0 heterocycles. The van der Waals surface area contributed by atoms with Crippen LogP contribution in [0.5, 0.6) is 0 Å². The highest BCUT2D eigenvalue weighted by molar-refractivity contribution is 7.92. The molecule has 106 valence electrons. The van der Waals surface area contributed by atoms with Crippen molar-refractivity contribution in [1.82, 2.24) is 0 Å². The molecule has 4 nitrogen and oxygen atoms in total. The van der Waals surface area contributed by atoms with Crippen LogP contribution in [0, 0.1) is 17.2 Å². The van der Waals surface area contributed by atoms with Gasteiger partial charge in [-0.2, -0.15) is 5.26 Å². The molecule has 0 saturated heterocycles. The predicted molar refractivity (Wildman–Crippen MR) is 76.1 cm³/mol. The number of benzene rings is 1. The van der Waals surface area contributed by atoms with E-state index < -0.39 is 21.4 Å². The average molecular weight is 291 g/mol. The van der Waals surface area contributed by atoms with Crippen LogP contribution in [-0.4, -0.2) is 25.7 Å². The third-order valence-corrected chi connectivity index (χ3v) is 5.33. The summed E-state index contributed by atoms with van der Waals surface area (Å²) < 4.78 is 24.0. The van der Waals surface area contributed by atoms with Crippen molar-refractivity contribution < 1.29 is 13.2 Å². The Balaban J connectivity index is 2.00. The number of rotatable bonds is 5. The standard InChI is InChI=1S/C15H17NO3S/c16-9-12-5-7-14(8-6-12)15(17)11-20(18,19)10-13-3-1-2-4-13/h5-8,13H,1-4,10-11H2. The monoisotopic (exact) mass is 291 g/mol. The van der Waals surface area contributed by atoms with Gasteiger partial charge in [-0.05, 0) is 30.9 Å². The first kappa shape index (κ1) is 14.7. The zero-order valence-corrected chi connectivity index (χ0v) is 12.0. The lowest BCUT2D eigenvalue weighted by atomic mass is 10.1. The van der Waals surface area contributed by atoms with Crippen LogP contribution in [0.4, 0.5) is 0 Å². The Morgan fingerprint density at radius 1 is 1.20 bits per heavy atom. The number of nitriles is 1. The van der Waals surface area contributed by atoms with Gasteiger partial charge in [0.25, 0.3) is 0 Å². The maximum absolute atomic E-state index is 12.0. The molecule has 2 rings (SSSR count). The van der Waals surface area contributed by atoms with Gasteiger partial charge in [0.2, 0.25) is 0 Å². The molecule has 0 radical (unpaired) electrons. The molecule has 0 amide bonds. The highest BCUT2D eigenvalue weighted by atomic mass is 32.2. The number of carbonyl (C=O) groups is 1. The minimum Gasteiger partial charge on any atom is -0.293 e. The fraction of sp³-hybridized carbons (Fsp3) is 0.467. The van der Waals surface area contributed by atoms with Crippen molar-refractivity contribution in [2.45, 2.75) is 25.7 Å². The summed E-state index contributed by atoms with van der Waals surface area (Å²) in [4.78, 5) is 12.0. The maximum Gasteiger partial charge on any atom is 0.177 e. The molecule has 0 unspecified atom stereocenters. The van der Waals surface area contributed by atoms with Crippen LogP contribution in [-0.2, 0) is 9.84 Å². The lowest BCUT2D eigenvalue weighted by Gasteiger charge is -2.09. The van der Waals surface area contributed by atoms with E-state index in [-0.39, 0.29) is 11.7 Å². The normalized spacial score (nSPS) is 15.9. The summed E-state index contributed by atoms with van der Waals surface area (Å²) >= 11 is 0. The summed E-state index contributed by atoms with van der Waals surface area (Å²) in [6.07, 6.45) is 4.07. The molecule has 1 aromatic carbocycles. The molecule has 1 aliphatic rings. The Kier molecular flexibility index (Phi) is 4.56. The number of hydrogen-bond acceptors (Lipinski definition) is 4. The maximum atomic E-state index is 12.0. The number of nitrogens with zero attached hydrogens (tertiary/aromatic N) is 1.